The van der Waals surface area contributed by atoms with E-state index in [1.165, 1.54) is 31.3 Å². The first-order valence-electron chi connectivity index (χ1n) is 8.11. The minimum atomic E-state index is -1.67. The molecule has 0 heterocycles. The number of aliphatic hydroxyl groups is 1. The van der Waals surface area contributed by atoms with Crippen LogP contribution in [0.2, 0.25) is 18.1 Å². The smallest absolute Gasteiger partial charge is 0.192 e. The Hall–Kier alpha value is -0.123. The summed E-state index contributed by atoms with van der Waals surface area (Å²) in [6.07, 6.45) is 8.57. The van der Waals surface area contributed by atoms with Crippen LogP contribution in [0, 0.1) is 5.92 Å². The van der Waals surface area contributed by atoms with E-state index in [2.05, 4.69) is 40.8 Å². The van der Waals surface area contributed by atoms with Crippen LogP contribution in [-0.4, -0.2) is 26.1 Å². The normalized spacial score (nSPS) is 25.9. The van der Waals surface area contributed by atoms with E-state index in [1.54, 1.807) is 0 Å². The number of hydrogen-bond acceptors (Lipinski definition) is 2. The summed E-state index contributed by atoms with van der Waals surface area (Å²) in [6.45, 7) is 13.9. The first kappa shape index (κ1) is 17.9. The van der Waals surface area contributed by atoms with E-state index in [0.29, 0.717) is 12.0 Å². The summed E-state index contributed by atoms with van der Waals surface area (Å²) in [5.41, 5.74) is 1.31. The third-order valence-electron chi connectivity index (χ3n) is 5.12. The summed E-state index contributed by atoms with van der Waals surface area (Å²) in [7, 11) is -1.67. The van der Waals surface area contributed by atoms with Gasteiger partial charge in [-0.25, -0.2) is 0 Å². The summed E-state index contributed by atoms with van der Waals surface area (Å²) in [6, 6.07) is 0. The first-order chi connectivity index (χ1) is 9.17. The maximum absolute atomic E-state index is 9.02. The average molecular weight is 299 g/mol. The van der Waals surface area contributed by atoms with Crippen molar-refractivity contribution in [3.05, 3.63) is 11.6 Å². The molecule has 0 unspecified atom stereocenters. The van der Waals surface area contributed by atoms with Crippen LogP contribution >= 0.6 is 0 Å². The van der Waals surface area contributed by atoms with Gasteiger partial charge in [0, 0.05) is 6.10 Å². The molecule has 0 bridgehead atoms. The van der Waals surface area contributed by atoms with E-state index in [-0.39, 0.29) is 11.6 Å². The summed E-state index contributed by atoms with van der Waals surface area (Å²) in [4.78, 5) is 0. The Kier molecular flexibility index (Phi) is 6.48. The van der Waals surface area contributed by atoms with Gasteiger partial charge in [-0.1, -0.05) is 45.3 Å². The second kappa shape index (κ2) is 7.23. The molecule has 0 aliphatic heterocycles. The topological polar surface area (TPSA) is 29.5 Å². The minimum Gasteiger partial charge on any atom is -0.414 e. The quantitative estimate of drug-likeness (QED) is 0.578. The standard InChI is InChI=1S/C17H34O2Si/c1-14(11-12-18)13-15-9-7-8-10-16(15)19-20(5,6)17(2,3)4/h11,15-16,18H,7-10,12-13H2,1-6H3/b14-11+/t15-,16+/m1/s1. The van der Waals surface area contributed by atoms with Crippen molar-refractivity contribution in [1.29, 1.82) is 0 Å². The van der Waals surface area contributed by atoms with Gasteiger partial charge in [-0.3, -0.25) is 0 Å². The van der Waals surface area contributed by atoms with Gasteiger partial charge in [-0.15, -0.1) is 0 Å². The van der Waals surface area contributed by atoms with E-state index in [1.807, 2.05) is 6.08 Å². The Balaban J connectivity index is 2.72. The predicted molar refractivity (Wildman–Crippen MR) is 89.5 cm³/mol. The van der Waals surface area contributed by atoms with Gasteiger partial charge in [0.1, 0.15) is 0 Å². The Morgan fingerprint density at radius 3 is 2.40 bits per heavy atom. The molecule has 0 radical (unpaired) electrons. The average Bonchev–Trinajstić information content (AvgIpc) is 2.30. The zero-order valence-corrected chi connectivity index (χ0v) is 15.3. The highest BCUT2D eigenvalue weighted by Gasteiger charge is 2.41. The number of hydrogen-bond donors (Lipinski definition) is 1. The molecule has 118 valence electrons. The van der Waals surface area contributed by atoms with Crippen molar-refractivity contribution in [2.75, 3.05) is 6.61 Å². The molecule has 3 heteroatoms. The lowest BCUT2D eigenvalue weighted by Crippen LogP contribution is -2.46. The molecule has 0 aromatic rings. The Morgan fingerprint density at radius 2 is 1.85 bits per heavy atom. The largest absolute Gasteiger partial charge is 0.414 e. The molecule has 1 fully saturated rings. The number of aliphatic hydroxyl groups excluding tert-OH is 1. The lowest BCUT2D eigenvalue weighted by Gasteiger charge is -2.43. The summed E-state index contributed by atoms with van der Waals surface area (Å²) in [5, 5.41) is 9.31. The molecule has 1 saturated carbocycles. The van der Waals surface area contributed by atoms with Crippen LogP contribution in [0.25, 0.3) is 0 Å². The Morgan fingerprint density at radius 1 is 1.25 bits per heavy atom. The predicted octanol–water partition coefficient (Wildman–Crippen LogP) is 4.90. The van der Waals surface area contributed by atoms with Crippen molar-refractivity contribution < 1.29 is 9.53 Å². The molecule has 1 N–H and O–H groups in total. The summed E-state index contributed by atoms with van der Waals surface area (Å²) in [5.74, 6) is 0.640. The fourth-order valence-corrected chi connectivity index (χ4v) is 4.19. The fourth-order valence-electron chi connectivity index (χ4n) is 2.77. The molecule has 1 rings (SSSR count). The van der Waals surface area contributed by atoms with E-state index in [9.17, 15) is 0 Å². The molecule has 0 spiro atoms. The van der Waals surface area contributed by atoms with Crippen molar-refractivity contribution in [1.82, 2.24) is 0 Å². The summed E-state index contributed by atoms with van der Waals surface area (Å²) >= 11 is 0. The van der Waals surface area contributed by atoms with Crippen LogP contribution in [0.1, 0.15) is 59.8 Å². The maximum atomic E-state index is 9.02. The van der Waals surface area contributed by atoms with Crippen molar-refractivity contribution in [3.8, 4) is 0 Å². The molecular formula is C17H34O2Si. The highest BCUT2D eigenvalue weighted by Crippen LogP contribution is 2.41. The molecule has 2 nitrogen and oxygen atoms in total. The van der Waals surface area contributed by atoms with Crippen molar-refractivity contribution in [2.45, 2.75) is 84.0 Å². The third-order valence-corrected chi connectivity index (χ3v) is 9.62. The van der Waals surface area contributed by atoms with Gasteiger partial charge in [0.25, 0.3) is 0 Å². The van der Waals surface area contributed by atoms with Gasteiger partial charge in [-0.2, -0.15) is 0 Å². The van der Waals surface area contributed by atoms with Crippen LogP contribution in [0.15, 0.2) is 11.6 Å². The van der Waals surface area contributed by atoms with Crippen molar-refractivity contribution >= 4 is 8.32 Å². The molecule has 2 atom stereocenters. The lowest BCUT2D eigenvalue weighted by molar-refractivity contribution is 0.0790. The van der Waals surface area contributed by atoms with Crippen LogP contribution < -0.4 is 0 Å². The molecule has 20 heavy (non-hydrogen) atoms. The maximum Gasteiger partial charge on any atom is 0.192 e. The van der Waals surface area contributed by atoms with Crippen LogP contribution in [0.5, 0.6) is 0 Å². The van der Waals surface area contributed by atoms with E-state index in [0.717, 1.165) is 6.42 Å². The van der Waals surface area contributed by atoms with Crippen LogP contribution in [0.3, 0.4) is 0 Å². The molecule has 0 saturated heterocycles. The highest BCUT2D eigenvalue weighted by molar-refractivity contribution is 6.74. The van der Waals surface area contributed by atoms with Gasteiger partial charge in [-0.05, 0) is 50.2 Å². The SMILES string of the molecule is C/C(=C\CO)C[C@H]1CCCC[C@@H]1O[Si](C)(C)C(C)(C)C. The minimum absolute atomic E-state index is 0.159. The van der Waals surface area contributed by atoms with E-state index >= 15 is 0 Å². The molecule has 1 aliphatic rings. The number of allylic oxidation sites excluding steroid dienone is 1. The van der Waals surface area contributed by atoms with E-state index in [4.69, 9.17) is 9.53 Å². The Labute approximate surface area is 126 Å². The van der Waals surface area contributed by atoms with Crippen molar-refractivity contribution in [2.24, 2.45) is 5.92 Å². The van der Waals surface area contributed by atoms with Crippen LogP contribution in [-0.2, 0) is 4.43 Å². The molecule has 0 aromatic heterocycles. The molecule has 0 amide bonds. The van der Waals surface area contributed by atoms with Gasteiger partial charge in [0.2, 0.25) is 0 Å². The van der Waals surface area contributed by atoms with Crippen LogP contribution in [0.4, 0.5) is 0 Å². The fraction of sp³-hybridized carbons (Fsp3) is 0.882. The van der Waals surface area contributed by atoms with Gasteiger partial charge in [0.05, 0.1) is 6.61 Å². The molecular weight excluding hydrogens is 264 g/mol. The number of rotatable bonds is 5. The van der Waals surface area contributed by atoms with Gasteiger partial charge < -0.3 is 9.53 Å². The van der Waals surface area contributed by atoms with E-state index < -0.39 is 8.32 Å². The summed E-state index contributed by atoms with van der Waals surface area (Å²) < 4.78 is 6.68. The van der Waals surface area contributed by atoms with Gasteiger partial charge in [0.15, 0.2) is 8.32 Å². The Bertz CT molecular complexity index is 328. The molecule has 1 aliphatic carbocycles. The first-order valence-corrected chi connectivity index (χ1v) is 11.0. The van der Waals surface area contributed by atoms with Crippen molar-refractivity contribution in [3.63, 3.8) is 0 Å². The lowest BCUT2D eigenvalue weighted by atomic mass is 9.82. The van der Waals surface area contributed by atoms with Gasteiger partial charge >= 0.3 is 0 Å². The molecule has 0 aromatic carbocycles. The third kappa shape index (κ3) is 5.01. The second-order valence-corrected chi connectivity index (χ2v) is 12.7. The highest BCUT2D eigenvalue weighted by atomic mass is 28.4. The monoisotopic (exact) mass is 298 g/mol. The zero-order valence-electron chi connectivity index (χ0n) is 14.3. The second-order valence-electron chi connectivity index (χ2n) is 7.90. The zero-order chi connectivity index (χ0) is 15.4.